The number of hydrogen-bond acceptors (Lipinski definition) is 3. The molecule has 0 spiro atoms. The van der Waals surface area contributed by atoms with E-state index in [2.05, 4.69) is 4.72 Å². The highest BCUT2D eigenvalue weighted by Crippen LogP contribution is 2.19. The summed E-state index contributed by atoms with van der Waals surface area (Å²) < 4.78 is 40.4. The van der Waals surface area contributed by atoms with Crippen LogP contribution in [0.2, 0.25) is 0 Å². The molecule has 2 aromatic carbocycles. The third-order valence-corrected chi connectivity index (χ3v) is 4.42. The molecule has 2 aromatic rings. The van der Waals surface area contributed by atoms with Crippen LogP contribution in [0.25, 0.3) is 0 Å². The number of thiocarbonyl (C=S) groups is 1. The number of halogens is 1. The minimum Gasteiger partial charge on any atom is -0.389 e. The molecule has 3 N–H and O–H groups in total. The molecule has 0 aromatic heterocycles. The van der Waals surface area contributed by atoms with Crippen molar-refractivity contribution in [2.24, 2.45) is 5.73 Å². The molecule has 0 saturated carbocycles. The Bertz CT molecular complexity index is 787. The minimum atomic E-state index is -3.83. The molecule has 2 rings (SSSR count). The zero-order chi connectivity index (χ0) is 15.6. The van der Waals surface area contributed by atoms with Gasteiger partial charge in [0.1, 0.15) is 10.8 Å². The molecule has 0 saturated heterocycles. The predicted octanol–water partition coefficient (Wildman–Crippen LogP) is 2.57. The molecule has 0 bridgehead atoms. The van der Waals surface area contributed by atoms with Crippen LogP contribution >= 0.6 is 12.2 Å². The Morgan fingerprint density at radius 1 is 1.19 bits per heavy atom. The Morgan fingerprint density at radius 2 is 1.81 bits per heavy atom. The molecule has 0 radical (unpaired) electrons. The number of hydrogen-bond donors (Lipinski definition) is 2. The second kappa shape index (κ2) is 5.79. The molecule has 0 atom stereocenters. The molecule has 4 nitrogen and oxygen atoms in total. The van der Waals surface area contributed by atoms with Crippen LogP contribution in [-0.2, 0) is 10.0 Å². The van der Waals surface area contributed by atoms with Crippen LogP contribution in [0.5, 0.6) is 0 Å². The van der Waals surface area contributed by atoms with Crippen molar-refractivity contribution < 1.29 is 12.8 Å². The lowest BCUT2D eigenvalue weighted by Gasteiger charge is -2.10. The Hall–Kier alpha value is -1.99. The van der Waals surface area contributed by atoms with Crippen molar-refractivity contribution in [3.8, 4) is 0 Å². The van der Waals surface area contributed by atoms with Crippen LogP contribution in [0.15, 0.2) is 47.4 Å². The summed E-state index contributed by atoms with van der Waals surface area (Å²) in [7, 11) is -3.83. The van der Waals surface area contributed by atoms with Crippen molar-refractivity contribution in [2.45, 2.75) is 11.8 Å². The molecule has 0 amide bonds. The first-order valence-corrected chi connectivity index (χ1v) is 7.87. The fourth-order valence-electron chi connectivity index (χ4n) is 1.70. The molecule has 0 aliphatic rings. The van der Waals surface area contributed by atoms with E-state index in [1.807, 2.05) is 6.92 Å². The summed E-state index contributed by atoms with van der Waals surface area (Å²) >= 11 is 4.70. The van der Waals surface area contributed by atoms with Gasteiger partial charge in [-0.1, -0.05) is 29.9 Å². The fraction of sp³-hybridized carbons (Fsp3) is 0.0714. The summed E-state index contributed by atoms with van der Waals surface area (Å²) in [6.45, 7) is 1.90. The first-order valence-electron chi connectivity index (χ1n) is 5.98. The van der Waals surface area contributed by atoms with Crippen molar-refractivity contribution in [1.29, 1.82) is 0 Å². The smallest absolute Gasteiger partial charge is 0.261 e. The largest absolute Gasteiger partial charge is 0.389 e. The molecule has 7 heteroatoms. The average Bonchev–Trinajstić information content (AvgIpc) is 2.41. The van der Waals surface area contributed by atoms with Gasteiger partial charge in [-0.15, -0.1) is 0 Å². The summed E-state index contributed by atoms with van der Waals surface area (Å²) in [5.74, 6) is -0.656. The molecule has 0 aliphatic carbocycles. The van der Waals surface area contributed by atoms with E-state index >= 15 is 0 Å². The first-order chi connectivity index (χ1) is 9.79. The normalized spacial score (nSPS) is 11.1. The summed E-state index contributed by atoms with van der Waals surface area (Å²) in [6.07, 6.45) is 0. The number of nitrogens with one attached hydrogen (secondary N) is 1. The Labute approximate surface area is 127 Å². The third kappa shape index (κ3) is 3.56. The quantitative estimate of drug-likeness (QED) is 0.848. The van der Waals surface area contributed by atoms with E-state index in [9.17, 15) is 12.8 Å². The molecular weight excluding hydrogens is 311 g/mol. The lowest BCUT2D eigenvalue weighted by atomic mass is 10.2. The minimum absolute atomic E-state index is 0.100. The van der Waals surface area contributed by atoms with Crippen LogP contribution in [0.1, 0.15) is 11.1 Å². The lowest BCUT2D eigenvalue weighted by molar-refractivity contribution is 0.599. The van der Waals surface area contributed by atoms with Crippen molar-refractivity contribution in [2.75, 3.05) is 4.72 Å². The molecule has 21 heavy (non-hydrogen) atoms. The molecule has 0 fully saturated rings. The standard InChI is InChI=1S/C14H13FN2O2S2/c1-9-2-4-10(5-3-9)17-21(18,19)11-6-7-13(15)12(8-11)14(16)20/h2-8,17H,1H3,(H2,16,20). The zero-order valence-electron chi connectivity index (χ0n) is 11.1. The highest BCUT2D eigenvalue weighted by atomic mass is 32.2. The number of aryl methyl sites for hydroxylation is 1. The zero-order valence-corrected chi connectivity index (χ0v) is 12.8. The second-order valence-electron chi connectivity index (χ2n) is 4.48. The topological polar surface area (TPSA) is 72.2 Å². The molecule has 0 aliphatic heterocycles. The van der Waals surface area contributed by atoms with Crippen molar-refractivity contribution in [3.63, 3.8) is 0 Å². The van der Waals surface area contributed by atoms with E-state index in [1.165, 1.54) is 0 Å². The lowest BCUT2D eigenvalue weighted by Crippen LogP contribution is -2.16. The molecule has 0 heterocycles. The van der Waals surface area contributed by atoms with Gasteiger partial charge in [0.15, 0.2) is 0 Å². The van der Waals surface area contributed by atoms with Crippen molar-refractivity contribution >= 4 is 32.9 Å². The van der Waals surface area contributed by atoms with Crippen LogP contribution in [-0.4, -0.2) is 13.4 Å². The second-order valence-corrected chi connectivity index (χ2v) is 6.60. The monoisotopic (exact) mass is 324 g/mol. The van der Waals surface area contributed by atoms with E-state index < -0.39 is 15.8 Å². The van der Waals surface area contributed by atoms with Gasteiger partial charge in [0.05, 0.1) is 4.90 Å². The van der Waals surface area contributed by atoms with Gasteiger partial charge in [-0.25, -0.2) is 12.8 Å². The Balaban J connectivity index is 2.38. The van der Waals surface area contributed by atoms with Gasteiger partial charge in [-0.2, -0.15) is 0 Å². The molecule has 0 unspecified atom stereocenters. The van der Waals surface area contributed by atoms with Crippen molar-refractivity contribution in [1.82, 2.24) is 0 Å². The Kier molecular flexibility index (Phi) is 4.24. The highest BCUT2D eigenvalue weighted by Gasteiger charge is 2.17. The number of sulfonamides is 1. The molecule has 110 valence electrons. The van der Waals surface area contributed by atoms with Crippen LogP contribution in [0, 0.1) is 12.7 Å². The van der Waals surface area contributed by atoms with E-state index in [-0.39, 0.29) is 15.4 Å². The van der Waals surface area contributed by atoms with Gasteiger partial charge in [-0.05, 0) is 37.3 Å². The summed E-state index contributed by atoms with van der Waals surface area (Å²) in [4.78, 5) is -0.299. The van der Waals surface area contributed by atoms with Crippen molar-refractivity contribution in [3.05, 3.63) is 59.4 Å². The summed E-state index contributed by atoms with van der Waals surface area (Å²) in [5.41, 5.74) is 6.70. The van der Waals surface area contributed by atoms with Gasteiger partial charge in [0, 0.05) is 11.3 Å². The van der Waals surface area contributed by atoms with E-state index in [4.69, 9.17) is 18.0 Å². The average molecular weight is 324 g/mol. The van der Waals surface area contributed by atoms with Gasteiger partial charge in [-0.3, -0.25) is 4.72 Å². The first kappa shape index (κ1) is 15.4. The maximum Gasteiger partial charge on any atom is 0.261 e. The summed E-state index contributed by atoms with van der Waals surface area (Å²) in [6, 6.07) is 10.2. The molecular formula is C14H13FN2O2S2. The van der Waals surface area contributed by atoms with Crippen LogP contribution in [0.3, 0.4) is 0 Å². The SMILES string of the molecule is Cc1ccc(NS(=O)(=O)c2ccc(F)c(C(N)=S)c2)cc1. The summed E-state index contributed by atoms with van der Waals surface area (Å²) in [5, 5.41) is 0. The van der Waals surface area contributed by atoms with Gasteiger partial charge in [0.25, 0.3) is 10.0 Å². The Morgan fingerprint density at radius 3 is 2.38 bits per heavy atom. The number of nitrogens with two attached hydrogens (primary N) is 1. The number of anilines is 1. The van der Waals surface area contributed by atoms with Crippen LogP contribution in [0.4, 0.5) is 10.1 Å². The van der Waals surface area contributed by atoms with Gasteiger partial charge >= 0.3 is 0 Å². The number of rotatable bonds is 4. The maximum atomic E-state index is 13.5. The maximum absolute atomic E-state index is 13.5. The predicted molar refractivity (Wildman–Crippen MR) is 84.3 cm³/mol. The van der Waals surface area contributed by atoms with Gasteiger partial charge in [0.2, 0.25) is 0 Å². The fourth-order valence-corrected chi connectivity index (χ4v) is 2.94. The van der Waals surface area contributed by atoms with E-state index in [0.717, 1.165) is 23.8 Å². The highest BCUT2D eigenvalue weighted by molar-refractivity contribution is 7.92. The van der Waals surface area contributed by atoms with Gasteiger partial charge < -0.3 is 5.73 Å². The van der Waals surface area contributed by atoms with Crippen LogP contribution < -0.4 is 10.5 Å². The third-order valence-electron chi connectivity index (χ3n) is 2.82. The van der Waals surface area contributed by atoms with E-state index in [0.29, 0.717) is 5.69 Å². The van der Waals surface area contributed by atoms with E-state index in [1.54, 1.807) is 24.3 Å². The number of benzene rings is 2.